The number of hydrogen-bond donors (Lipinski definition) is 1. The summed E-state index contributed by atoms with van der Waals surface area (Å²) in [7, 11) is 1.32. The second-order valence-electron chi connectivity index (χ2n) is 6.05. The van der Waals surface area contributed by atoms with Crippen molar-refractivity contribution in [2.24, 2.45) is 5.92 Å². The van der Waals surface area contributed by atoms with Gasteiger partial charge >= 0.3 is 12.1 Å². The smallest absolute Gasteiger partial charge is 0.407 e. The van der Waals surface area contributed by atoms with Crippen LogP contribution in [0.1, 0.15) is 33.6 Å². The summed E-state index contributed by atoms with van der Waals surface area (Å²) in [5.41, 5.74) is -0.525. The van der Waals surface area contributed by atoms with E-state index in [0.29, 0.717) is 26.1 Å². The van der Waals surface area contributed by atoms with E-state index in [1.165, 1.54) is 7.11 Å². The van der Waals surface area contributed by atoms with Gasteiger partial charge < -0.3 is 19.7 Å². The lowest BCUT2D eigenvalue weighted by molar-refractivity contribution is -0.145. The number of carbonyl (C=O) groups excluding carboxylic acids is 3. The Morgan fingerprint density at radius 3 is 2.62 bits per heavy atom. The van der Waals surface area contributed by atoms with Crippen LogP contribution in [0.25, 0.3) is 0 Å². The molecule has 21 heavy (non-hydrogen) atoms. The molecule has 0 spiro atoms. The lowest BCUT2D eigenvalue weighted by atomic mass is 10.1. The number of ether oxygens (including phenoxy) is 2. The standard InChI is InChI=1S/C14H24N2O5/c1-14(2,3)21-13(19)15-6-5-7-16-9-10(8-11(16)17)12(18)20-4/h10H,5-9H2,1-4H3,(H,15,19). The van der Waals surface area contributed by atoms with E-state index in [0.717, 1.165) is 0 Å². The van der Waals surface area contributed by atoms with Gasteiger partial charge in [-0.15, -0.1) is 0 Å². The largest absolute Gasteiger partial charge is 0.469 e. The topological polar surface area (TPSA) is 84.9 Å². The Hall–Kier alpha value is -1.79. The Kier molecular flexibility index (Phi) is 5.99. The highest BCUT2D eigenvalue weighted by Gasteiger charge is 2.34. The molecule has 120 valence electrons. The summed E-state index contributed by atoms with van der Waals surface area (Å²) in [6.45, 7) is 6.69. The van der Waals surface area contributed by atoms with Crippen molar-refractivity contribution in [3.63, 3.8) is 0 Å². The van der Waals surface area contributed by atoms with E-state index in [4.69, 9.17) is 4.74 Å². The third kappa shape index (κ3) is 6.01. The first kappa shape index (κ1) is 17.3. The Morgan fingerprint density at radius 2 is 2.05 bits per heavy atom. The molecular formula is C14H24N2O5. The SMILES string of the molecule is COC(=O)C1CC(=O)N(CCCNC(=O)OC(C)(C)C)C1. The summed E-state index contributed by atoms with van der Waals surface area (Å²) in [5.74, 6) is -0.776. The van der Waals surface area contributed by atoms with Crippen LogP contribution in [0.15, 0.2) is 0 Å². The molecule has 0 saturated carbocycles. The number of methoxy groups -OCH3 is 1. The van der Waals surface area contributed by atoms with E-state index >= 15 is 0 Å². The summed E-state index contributed by atoms with van der Waals surface area (Å²) in [5, 5.41) is 2.63. The number of carbonyl (C=O) groups is 3. The van der Waals surface area contributed by atoms with Crippen molar-refractivity contribution >= 4 is 18.0 Å². The highest BCUT2D eigenvalue weighted by Crippen LogP contribution is 2.18. The first-order valence-corrected chi connectivity index (χ1v) is 7.05. The summed E-state index contributed by atoms with van der Waals surface area (Å²) in [6.07, 6.45) is 0.341. The van der Waals surface area contributed by atoms with E-state index in [9.17, 15) is 14.4 Å². The van der Waals surface area contributed by atoms with Crippen LogP contribution < -0.4 is 5.32 Å². The molecule has 1 aliphatic heterocycles. The maximum Gasteiger partial charge on any atom is 0.407 e. The van der Waals surface area contributed by atoms with Crippen LogP contribution >= 0.6 is 0 Å². The minimum absolute atomic E-state index is 0.0531. The molecule has 1 rings (SSSR count). The lowest BCUT2D eigenvalue weighted by Gasteiger charge is -2.20. The van der Waals surface area contributed by atoms with Gasteiger partial charge in [0.25, 0.3) is 0 Å². The minimum atomic E-state index is -0.525. The first-order chi connectivity index (χ1) is 9.73. The van der Waals surface area contributed by atoms with Crippen molar-refractivity contribution in [1.82, 2.24) is 10.2 Å². The number of hydrogen-bond acceptors (Lipinski definition) is 5. The highest BCUT2D eigenvalue weighted by molar-refractivity contribution is 5.86. The fraction of sp³-hybridized carbons (Fsp3) is 0.786. The van der Waals surface area contributed by atoms with Gasteiger partial charge in [-0.2, -0.15) is 0 Å². The Balaban J connectivity index is 2.23. The molecule has 0 aromatic carbocycles. The number of rotatable bonds is 5. The molecule has 1 N–H and O–H groups in total. The monoisotopic (exact) mass is 300 g/mol. The molecule has 1 fully saturated rings. The van der Waals surface area contributed by atoms with Gasteiger partial charge in [-0.25, -0.2) is 4.79 Å². The molecule has 0 radical (unpaired) electrons. The van der Waals surface area contributed by atoms with Crippen LogP contribution in [0, 0.1) is 5.92 Å². The maximum absolute atomic E-state index is 11.7. The molecule has 2 amide bonds. The van der Waals surface area contributed by atoms with Gasteiger partial charge in [0.2, 0.25) is 5.91 Å². The number of nitrogens with one attached hydrogen (secondary N) is 1. The number of amides is 2. The zero-order chi connectivity index (χ0) is 16.0. The van der Waals surface area contributed by atoms with Crippen LogP contribution in [0.4, 0.5) is 4.79 Å². The van der Waals surface area contributed by atoms with Gasteiger partial charge in [-0.1, -0.05) is 0 Å². The summed E-state index contributed by atoms with van der Waals surface area (Å²) in [4.78, 5) is 36.2. The Labute approximate surface area is 124 Å². The van der Waals surface area contributed by atoms with Gasteiger partial charge in [0.15, 0.2) is 0 Å². The minimum Gasteiger partial charge on any atom is -0.469 e. The van der Waals surface area contributed by atoms with Crippen LogP contribution in [0.3, 0.4) is 0 Å². The first-order valence-electron chi connectivity index (χ1n) is 7.05. The van der Waals surface area contributed by atoms with E-state index in [-0.39, 0.29) is 24.2 Å². The van der Waals surface area contributed by atoms with Gasteiger partial charge in [0.1, 0.15) is 5.60 Å². The van der Waals surface area contributed by atoms with Gasteiger partial charge in [-0.05, 0) is 27.2 Å². The number of likely N-dealkylation sites (tertiary alicyclic amines) is 1. The van der Waals surface area contributed by atoms with E-state index in [1.54, 1.807) is 25.7 Å². The molecule has 1 heterocycles. The van der Waals surface area contributed by atoms with Gasteiger partial charge in [0.05, 0.1) is 13.0 Å². The molecule has 0 aromatic heterocycles. The molecule has 7 heteroatoms. The average Bonchev–Trinajstić information content (AvgIpc) is 2.73. The van der Waals surface area contributed by atoms with E-state index in [1.807, 2.05) is 0 Å². The molecule has 1 saturated heterocycles. The maximum atomic E-state index is 11.7. The predicted molar refractivity (Wildman–Crippen MR) is 75.6 cm³/mol. The van der Waals surface area contributed by atoms with E-state index < -0.39 is 11.7 Å². The van der Waals surface area contributed by atoms with Crippen molar-refractivity contribution in [3.05, 3.63) is 0 Å². The summed E-state index contributed by atoms with van der Waals surface area (Å²) in [6, 6.07) is 0. The van der Waals surface area contributed by atoms with Crippen molar-refractivity contribution in [2.45, 2.75) is 39.2 Å². The lowest BCUT2D eigenvalue weighted by Crippen LogP contribution is -2.35. The van der Waals surface area contributed by atoms with E-state index in [2.05, 4.69) is 10.1 Å². The van der Waals surface area contributed by atoms with Crippen molar-refractivity contribution < 1.29 is 23.9 Å². The summed E-state index contributed by atoms with van der Waals surface area (Å²) < 4.78 is 9.75. The zero-order valence-electron chi connectivity index (χ0n) is 13.1. The molecule has 0 aliphatic carbocycles. The highest BCUT2D eigenvalue weighted by atomic mass is 16.6. The number of nitrogens with zero attached hydrogens (tertiary/aromatic N) is 1. The second kappa shape index (κ2) is 7.28. The fourth-order valence-electron chi connectivity index (χ4n) is 2.09. The normalized spacial score (nSPS) is 18.6. The molecular weight excluding hydrogens is 276 g/mol. The van der Waals surface area contributed by atoms with Crippen LogP contribution in [-0.2, 0) is 19.1 Å². The molecule has 1 aliphatic rings. The fourth-order valence-corrected chi connectivity index (χ4v) is 2.09. The molecule has 1 atom stereocenters. The number of esters is 1. The van der Waals surface area contributed by atoms with Crippen LogP contribution in [-0.4, -0.2) is 55.2 Å². The van der Waals surface area contributed by atoms with Crippen molar-refractivity contribution in [1.29, 1.82) is 0 Å². The van der Waals surface area contributed by atoms with Crippen LogP contribution in [0.2, 0.25) is 0 Å². The Morgan fingerprint density at radius 1 is 1.38 bits per heavy atom. The third-order valence-electron chi connectivity index (χ3n) is 3.02. The zero-order valence-corrected chi connectivity index (χ0v) is 13.1. The Bertz CT molecular complexity index is 403. The molecule has 0 bridgehead atoms. The second-order valence-corrected chi connectivity index (χ2v) is 6.05. The van der Waals surface area contributed by atoms with Crippen LogP contribution in [0.5, 0.6) is 0 Å². The molecule has 7 nitrogen and oxygen atoms in total. The van der Waals surface area contributed by atoms with Gasteiger partial charge in [0, 0.05) is 26.1 Å². The predicted octanol–water partition coefficient (Wildman–Crippen LogP) is 0.923. The quantitative estimate of drug-likeness (QED) is 0.603. The molecule has 1 unspecified atom stereocenters. The summed E-state index contributed by atoms with van der Waals surface area (Å²) >= 11 is 0. The third-order valence-corrected chi connectivity index (χ3v) is 3.02. The van der Waals surface area contributed by atoms with Gasteiger partial charge in [-0.3, -0.25) is 9.59 Å². The van der Waals surface area contributed by atoms with Crippen molar-refractivity contribution in [3.8, 4) is 0 Å². The van der Waals surface area contributed by atoms with Crippen molar-refractivity contribution in [2.75, 3.05) is 26.7 Å². The number of alkyl carbamates (subject to hydrolysis) is 1. The average molecular weight is 300 g/mol. The molecule has 0 aromatic rings.